The van der Waals surface area contributed by atoms with E-state index in [2.05, 4.69) is 34.5 Å². The van der Waals surface area contributed by atoms with Crippen molar-refractivity contribution in [1.29, 1.82) is 0 Å². The minimum Gasteiger partial charge on any atom is -0.492 e. The number of halogens is 1. The van der Waals surface area contributed by atoms with Crippen LogP contribution in [0.1, 0.15) is 52.7 Å². The summed E-state index contributed by atoms with van der Waals surface area (Å²) in [6.45, 7) is 3.73. The van der Waals surface area contributed by atoms with Gasteiger partial charge in [0.2, 0.25) is 11.8 Å². The van der Waals surface area contributed by atoms with Crippen molar-refractivity contribution in [1.82, 2.24) is 15.1 Å². The lowest BCUT2D eigenvalue weighted by molar-refractivity contribution is -0.136. The minimum atomic E-state index is -0.666. The molecule has 2 saturated heterocycles. The van der Waals surface area contributed by atoms with E-state index >= 15 is 0 Å². The Morgan fingerprint density at radius 2 is 1.88 bits per heavy atom. The Labute approximate surface area is 203 Å². The second-order valence-corrected chi connectivity index (χ2v) is 10.2. The molecular weight excluding hydrogens is 454 g/mol. The summed E-state index contributed by atoms with van der Waals surface area (Å²) in [6.07, 6.45) is 2.48. The Morgan fingerprint density at radius 3 is 2.62 bits per heavy atom. The maximum absolute atomic E-state index is 13.2. The van der Waals surface area contributed by atoms with Crippen LogP contribution in [0.25, 0.3) is 0 Å². The van der Waals surface area contributed by atoms with Crippen LogP contribution < -0.4 is 10.1 Å². The van der Waals surface area contributed by atoms with Crippen LogP contribution in [0.5, 0.6) is 5.75 Å². The molecular formula is C26H26ClN3O4. The van der Waals surface area contributed by atoms with E-state index in [-0.39, 0.29) is 30.2 Å². The zero-order chi connectivity index (χ0) is 23.4. The number of rotatable bonds is 3. The van der Waals surface area contributed by atoms with E-state index in [1.54, 1.807) is 0 Å². The molecule has 0 aromatic heterocycles. The lowest BCUT2D eigenvalue weighted by Crippen LogP contribution is -2.52. The molecule has 2 fully saturated rings. The predicted molar refractivity (Wildman–Crippen MR) is 126 cm³/mol. The van der Waals surface area contributed by atoms with Crippen LogP contribution in [-0.2, 0) is 28.1 Å². The van der Waals surface area contributed by atoms with E-state index in [1.165, 1.54) is 10.5 Å². The summed E-state index contributed by atoms with van der Waals surface area (Å²) >= 11 is 6.68. The quantitative estimate of drug-likeness (QED) is 0.685. The second-order valence-electron chi connectivity index (χ2n) is 9.82. The summed E-state index contributed by atoms with van der Waals surface area (Å²) in [4.78, 5) is 41.2. The first-order valence-corrected chi connectivity index (χ1v) is 12.2. The van der Waals surface area contributed by atoms with E-state index in [0.717, 1.165) is 49.4 Å². The monoisotopic (exact) mass is 479 g/mol. The number of nitrogens with one attached hydrogen (secondary N) is 1. The van der Waals surface area contributed by atoms with Crippen molar-refractivity contribution >= 4 is 29.3 Å². The molecule has 1 spiro atoms. The maximum atomic E-state index is 13.2. The molecule has 4 heterocycles. The van der Waals surface area contributed by atoms with Crippen molar-refractivity contribution in [2.75, 3.05) is 19.7 Å². The standard InChI is InChI=1S/C26H26ClN3O4/c27-19-12-18-23(17-14-30(25(33)22(17)19)20-6-7-21(31)28-24(20)32)34-15-26(18)8-10-29(11-9-26)13-16-4-2-1-3-5-16/h1-5,12,20H,6-11,13-15H2,(H,28,31,32)/t20-/m0/s1. The van der Waals surface area contributed by atoms with Crippen LogP contribution in [-0.4, -0.2) is 53.3 Å². The number of carbonyl (C=O) groups is 3. The molecule has 1 N–H and O–H groups in total. The van der Waals surface area contributed by atoms with E-state index in [1.807, 2.05) is 12.1 Å². The third-order valence-corrected chi connectivity index (χ3v) is 8.14. The molecule has 8 heteroatoms. The molecule has 7 nitrogen and oxygen atoms in total. The van der Waals surface area contributed by atoms with Gasteiger partial charge < -0.3 is 9.64 Å². The lowest BCUT2D eigenvalue weighted by atomic mass is 9.74. The zero-order valence-electron chi connectivity index (χ0n) is 18.8. The van der Waals surface area contributed by atoms with Gasteiger partial charge in [-0.2, -0.15) is 0 Å². The summed E-state index contributed by atoms with van der Waals surface area (Å²) in [5, 5.41) is 2.77. The van der Waals surface area contributed by atoms with Crippen molar-refractivity contribution in [3.8, 4) is 5.75 Å². The Hall–Kier alpha value is -2.90. The molecule has 0 unspecified atom stereocenters. The number of hydrogen-bond acceptors (Lipinski definition) is 5. The summed E-state index contributed by atoms with van der Waals surface area (Å²) in [7, 11) is 0. The predicted octanol–water partition coefficient (Wildman–Crippen LogP) is 3.03. The number of fused-ring (bicyclic) bond motifs is 4. The van der Waals surface area contributed by atoms with Gasteiger partial charge in [0, 0.05) is 29.5 Å². The number of ether oxygens (including phenoxy) is 1. The van der Waals surface area contributed by atoms with Crippen LogP contribution >= 0.6 is 11.6 Å². The molecule has 0 radical (unpaired) electrons. The van der Waals surface area contributed by atoms with E-state index < -0.39 is 11.9 Å². The van der Waals surface area contributed by atoms with E-state index in [9.17, 15) is 14.4 Å². The van der Waals surface area contributed by atoms with Gasteiger partial charge in [-0.05, 0) is 44.0 Å². The van der Waals surface area contributed by atoms with Gasteiger partial charge in [-0.3, -0.25) is 24.6 Å². The molecule has 34 heavy (non-hydrogen) atoms. The molecule has 4 aliphatic rings. The number of nitrogens with zero attached hydrogens (tertiary/aromatic N) is 2. The number of imide groups is 1. The van der Waals surface area contributed by atoms with Crippen LogP contribution in [0.2, 0.25) is 5.02 Å². The second kappa shape index (κ2) is 8.10. The molecule has 3 amide bonds. The third-order valence-electron chi connectivity index (χ3n) is 7.85. The molecule has 0 aliphatic carbocycles. The zero-order valence-corrected chi connectivity index (χ0v) is 19.6. The summed E-state index contributed by atoms with van der Waals surface area (Å²) < 4.78 is 6.26. The minimum absolute atomic E-state index is 0.105. The van der Waals surface area contributed by atoms with Crippen molar-refractivity contribution < 1.29 is 19.1 Å². The first-order chi connectivity index (χ1) is 16.4. The molecule has 6 rings (SSSR count). The number of carbonyl (C=O) groups excluding carboxylic acids is 3. The number of amides is 3. The van der Waals surface area contributed by atoms with Crippen LogP contribution in [0.3, 0.4) is 0 Å². The molecule has 0 bridgehead atoms. The highest BCUT2D eigenvalue weighted by molar-refractivity contribution is 6.34. The average Bonchev–Trinajstić information content (AvgIpc) is 3.35. The first-order valence-electron chi connectivity index (χ1n) is 11.8. The van der Waals surface area contributed by atoms with Crippen LogP contribution in [0.4, 0.5) is 0 Å². The largest absolute Gasteiger partial charge is 0.492 e. The van der Waals surface area contributed by atoms with E-state index in [0.29, 0.717) is 23.6 Å². The number of piperidine rings is 2. The molecule has 2 aromatic carbocycles. The Kier molecular flexibility index (Phi) is 5.15. The van der Waals surface area contributed by atoms with Gasteiger partial charge in [-0.25, -0.2) is 0 Å². The normalized spacial score (nSPS) is 23.6. The van der Waals surface area contributed by atoms with Gasteiger partial charge in [0.1, 0.15) is 11.8 Å². The fraction of sp³-hybridized carbons (Fsp3) is 0.423. The van der Waals surface area contributed by atoms with Gasteiger partial charge in [-0.1, -0.05) is 41.9 Å². The number of benzene rings is 2. The van der Waals surface area contributed by atoms with Crippen LogP contribution in [0.15, 0.2) is 36.4 Å². The summed E-state index contributed by atoms with van der Waals surface area (Å²) in [5.74, 6) is -0.222. The number of hydrogen-bond donors (Lipinski definition) is 1. The van der Waals surface area contributed by atoms with Crippen molar-refractivity contribution in [2.45, 2.75) is 50.2 Å². The SMILES string of the molecule is O=C1CC[C@H](N2Cc3c4c(cc(Cl)c3C2=O)C2(CCN(Cc3ccccc3)CC2)CO4)C(=O)N1. The third kappa shape index (κ3) is 3.41. The first kappa shape index (κ1) is 21.6. The maximum Gasteiger partial charge on any atom is 0.256 e. The van der Waals surface area contributed by atoms with Crippen molar-refractivity contribution in [2.24, 2.45) is 0 Å². The van der Waals surface area contributed by atoms with Gasteiger partial charge in [0.15, 0.2) is 0 Å². The van der Waals surface area contributed by atoms with Gasteiger partial charge in [0.05, 0.1) is 23.7 Å². The van der Waals surface area contributed by atoms with Gasteiger partial charge in [0.25, 0.3) is 5.91 Å². The molecule has 4 aliphatic heterocycles. The fourth-order valence-corrected chi connectivity index (χ4v) is 6.23. The smallest absolute Gasteiger partial charge is 0.256 e. The van der Waals surface area contributed by atoms with Crippen molar-refractivity contribution in [3.63, 3.8) is 0 Å². The van der Waals surface area contributed by atoms with Gasteiger partial charge in [-0.15, -0.1) is 0 Å². The Balaban J connectivity index is 1.24. The Morgan fingerprint density at radius 1 is 1.12 bits per heavy atom. The lowest BCUT2D eigenvalue weighted by Gasteiger charge is -2.38. The van der Waals surface area contributed by atoms with E-state index in [4.69, 9.17) is 16.3 Å². The fourth-order valence-electron chi connectivity index (χ4n) is 5.93. The molecule has 176 valence electrons. The molecule has 0 saturated carbocycles. The topological polar surface area (TPSA) is 79.0 Å². The highest BCUT2D eigenvalue weighted by Crippen LogP contribution is 2.51. The van der Waals surface area contributed by atoms with Gasteiger partial charge >= 0.3 is 0 Å². The summed E-state index contributed by atoms with van der Waals surface area (Å²) in [5.41, 5.74) is 3.51. The molecule has 1 atom stereocenters. The highest BCUT2D eigenvalue weighted by Gasteiger charge is 2.48. The highest BCUT2D eigenvalue weighted by atomic mass is 35.5. The number of likely N-dealkylation sites (tertiary alicyclic amines) is 1. The molecule has 2 aromatic rings. The average molecular weight is 480 g/mol. The van der Waals surface area contributed by atoms with Crippen LogP contribution in [0, 0.1) is 0 Å². The van der Waals surface area contributed by atoms with Crippen molar-refractivity contribution in [3.05, 3.63) is 63.7 Å². The Bertz CT molecular complexity index is 1190. The summed E-state index contributed by atoms with van der Waals surface area (Å²) in [6, 6.07) is 11.8.